The standard InChI is InChI=1S/C24H23N5O3/c1-14(10-25)12-28-13-19-16(7-6-8-17(19)22(28)30)20-9-18-15(2)27-29(21(18)11-26-20)23(31)32-24(3,4)5/h6-9,11H,1,12-13H2,2-5H3. The van der Waals surface area contributed by atoms with Gasteiger partial charge in [0.1, 0.15) is 5.60 Å². The van der Waals surface area contributed by atoms with E-state index in [1.54, 1.807) is 37.9 Å². The van der Waals surface area contributed by atoms with Crippen LogP contribution in [-0.2, 0) is 11.3 Å². The van der Waals surface area contributed by atoms with E-state index in [9.17, 15) is 9.59 Å². The highest BCUT2D eigenvalue weighted by molar-refractivity contribution is 6.01. The Labute approximate surface area is 185 Å². The molecule has 0 aliphatic carbocycles. The molecule has 0 saturated carbocycles. The van der Waals surface area contributed by atoms with Crippen molar-refractivity contribution < 1.29 is 14.3 Å². The number of amides is 1. The van der Waals surface area contributed by atoms with Crippen LogP contribution >= 0.6 is 0 Å². The molecule has 1 amide bonds. The van der Waals surface area contributed by atoms with Crippen molar-refractivity contribution >= 4 is 22.9 Å². The van der Waals surface area contributed by atoms with Crippen molar-refractivity contribution in [1.82, 2.24) is 19.7 Å². The van der Waals surface area contributed by atoms with E-state index in [0.717, 1.165) is 16.5 Å². The van der Waals surface area contributed by atoms with Crippen molar-refractivity contribution in [2.45, 2.75) is 39.8 Å². The molecular formula is C24H23N5O3. The minimum Gasteiger partial charge on any atom is -0.442 e. The third-order valence-electron chi connectivity index (χ3n) is 5.18. The van der Waals surface area contributed by atoms with Crippen molar-refractivity contribution in [3.05, 3.63) is 59.4 Å². The largest absolute Gasteiger partial charge is 0.442 e. The predicted octanol–water partition coefficient (Wildman–Crippen LogP) is 4.23. The molecule has 0 fully saturated rings. The summed E-state index contributed by atoms with van der Waals surface area (Å²) in [5.41, 5.74) is 3.86. The van der Waals surface area contributed by atoms with Gasteiger partial charge in [-0.25, -0.2) is 4.79 Å². The first-order chi connectivity index (χ1) is 15.1. The molecule has 0 N–H and O–H groups in total. The van der Waals surface area contributed by atoms with Gasteiger partial charge in [-0.15, -0.1) is 0 Å². The first-order valence-corrected chi connectivity index (χ1v) is 10.2. The lowest BCUT2D eigenvalue weighted by atomic mass is 9.99. The fraction of sp³-hybridized carbons (Fsp3) is 0.292. The Morgan fingerprint density at radius 1 is 1.31 bits per heavy atom. The van der Waals surface area contributed by atoms with Gasteiger partial charge in [0.05, 0.1) is 35.7 Å². The van der Waals surface area contributed by atoms with Crippen molar-refractivity contribution in [2.75, 3.05) is 6.54 Å². The summed E-state index contributed by atoms with van der Waals surface area (Å²) in [5, 5.41) is 14.1. The van der Waals surface area contributed by atoms with Crippen LogP contribution < -0.4 is 0 Å². The highest BCUT2D eigenvalue weighted by Crippen LogP contribution is 2.33. The fourth-order valence-electron chi connectivity index (χ4n) is 3.78. The lowest BCUT2D eigenvalue weighted by Crippen LogP contribution is -2.27. The quantitative estimate of drug-likeness (QED) is 0.578. The molecule has 8 heteroatoms. The van der Waals surface area contributed by atoms with Gasteiger partial charge in [-0.1, -0.05) is 18.7 Å². The number of hydrogen-bond donors (Lipinski definition) is 0. The molecule has 8 nitrogen and oxygen atoms in total. The third kappa shape index (κ3) is 3.73. The molecular weight excluding hydrogens is 406 g/mol. The fourth-order valence-corrected chi connectivity index (χ4v) is 3.78. The Bertz CT molecular complexity index is 1320. The summed E-state index contributed by atoms with van der Waals surface area (Å²) in [5.74, 6) is -0.131. The number of benzene rings is 1. The Hall–Kier alpha value is -3.99. The second-order valence-corrected chi connectivity index (χ2v) is 8.77. The van der Waals surface area contributed by atoms with Gasteiger partial charge in [0.15, 0.2) is 0 Å². The number of ether oxygens (including phenoxy) is 1. The number of pyridine rings is 1. The average Bonchev–Trinajstić information content (AvgIpc) is 3.23. The molecule has 0 spiro atoms. The van der Waals surface area contributed by atoms with Gasteiger partial charge in [-0.2, -0.15) is 15.0 Å². The number of nitrogens with zero attached hydrogens (tertiary/aromatic N) is 5. The van der Waals surface area contributed by atoms with E-state index in [-0.39, 0.29) is 12.5 Å². The molecule has 3 heterocycles. The van der Waals surface area contributed by atoms with Crippen LogP contribution in [-0.4, -0.2) is 43.8 Å². The molecule has 0 unspecified atom stereocenters. The summed E-state index contributed by atoms with van der Waals surface area (Å²) in [6, 6.07) is 9.37. The maximum atomic E-state index is 12.8. The first kappa shape index (κ1) is 21.2. The number of carbonyl (C=O) groups is 2. The van der Waals surface area contributed by atoms with Crippen molar-refractivity contribution in [1.29, 1.82) is 5.26 Å². The Kier molecular flexibility index (Phi) is 5.05. The van der Waals surface area contributed by atoms with E-state index in [0.29, 0.717) is 34.6 Å². The summed E-state index contributed by atoms with van der Waals surface area (Å²) in [6.07, 6.45) is 1.03. The Morgan fingerprint density at radius 2 is 2.03 bits per heavy atom. The van der Waals surface area contributed by atoms with Gasteiger partial charge in [0.25, 0.3) is 5.91 Å². The molecule has 2 aromatic heterocycles. The molecule has 3 aromatic rings. The molecule has 1 aromatic carbocycles. The monoisotopic (exact) mass is 429 g/mol. The number of rotatable bonds is 3. The molecule has 0 radical (unpaired) electrons. The molecule has 162 valence electrons. The topological polar surface area (TPSA) is 101 Å². The molecule has 0 saturated heterocycles. The van der Waals surface area contributed by atoms with Crippen LogP contribution in [0.1, 0.15) is 42.4 Å². The molecule has 0 bridgehead atoms. The number of aryl methyl sites for hydroxylation is 1. The first-order valence-electron chi connectivity index (χ1n) is 10.2. The molecule has 0 atom stereocenters. The molecule has 32 heavy (non-hydrogen) atoms. The van der Waals surface area contributed by atoms with Crippen LogP contribution in [0.15, 0.2) is 42.6 Å². The van der Waals surface area contributed by atoms with E-state index in [1.165, 1.54) is 4.68 Å². The second kappa shape index (κ2) is 7.61. The number of aromatic nitrogens is 3. The van der Waals surface area contributed by atoms with Crippen LogP contribution in [0.25, 0.3) is 22.2 Å². The molecule has 4 rings (SSSR count). The minimum atomic E-state index is -0.642. The number of hydrogen-bond acceptors (Lipinski definition) is 6. The van der Waals surface area contributed by atoms with E-state index in [4.69, 9.17) is 10.00 Å². The lowest BCUT2D eigenvalue weighted by Gasteiger charge is -2.19. The second-order valence-electron chi connectivity index (χ2n) is 8.77. The number of nitriles is 1. The highest BCUT2D eigenvalue weighted by atomic mass is 16.6. The van der Waals surface area contributed by atoms with Crippen molar-refractivity contribution in [3.63, 3.8) is 0 Å². The zero-order chi connectivity index (χ0) is 23.2. The van der Waals surface area contributed by atoms with Gasteiger partial charge in [0.2, 0.25) is 0 Å². The summed E-state index contributed by atoms with van der Waals surface area (Å²) in [7, 11) is 0. The normalized spacial score (nSPS) is 13.2. The summed E-state index contributed by atoms with van der Waals surface area (Å²) in [6.45, 7) is 11.5. The van der Waals surface area contributed by atoms with Gasteiger partial charge in [-0.3, -0.25) is 9.78 Å². The Morgan fingerprint density at radius 3 is 2.72 bits per heavy atom. The van der Waals surface area contributed by atoms with Crippen molar-refractivity contribution in [2.24, 2.45) is 0 Å². The van der Waals surface area contributed by atoms with Crippen LogP contribution in [0.3, 0.4) is 0 Å². The van der Waals surface area contributed by atoms with E-state index >= 15 is 0 Å². The van der Waals surface area contributed by atoms with E-state index in [2.05, 4.69) is 16.7 Å². The van der Waals surface area contributed by atoms with Crippen LogP contribution in [0.5, 0.6) is 0 Å². The SMILES string of the molecule is C=C(C#N)CN1Cc2c(cccc2-c2cc3c(C)nn(C(=O)OC(C)(C)C)c3cn2)C1=O. The van der Waals surface area contributed by atoms with Crippen LogP contribution in [0.2, 0.25) is 0 Å². The third-order valence-corrected chi connectivity index (χ3v) is 5.18. The average molecular weight is 429 g/mol. The Balaban J connectivity index is 1.74. The number of carbonyl (C=O) groups excluding carboxylic acids is 2. The predicted molar refractivity (Wildman–Crippen MR) is 119 cm³/mol. The maximum Gasteiger partial charge on any atom is 0.435 e. The van der Waals surface area contributed by atoms with E-state index < -0.39 is 11.7 Å². The molecule has 1 aliphatic rings. The summed E-state index contributed by atoms with van der Waals surface area (Å²) in [4.78, 5) is 31.5. The van der Waals surface area contributed by atoms with Gasteiger partial charge < -0.3 is 9.64 Å². The number of fused-ring (bicyclic) bond motifs is 2. The zero-order valence-electron chi connectivity index (χ0n) is 18.5. The smallest absolute Gasteiger partial charge is 0.435 e. The van der Waals surface area contributed by atoms with Crippen LogP contribution in [0, 0.1) is 18.3 Å². The lowest BCUT2D eigenvalue weighted by molar-refractivity contribution is 0.0521. The summed E-state index contributed by atoms with van der Waals surface area (Å²) < 4.78 is 6.67. The van der Waals surface area contributed by atoms with Gasteiger partial charge in [0, 0.05) is 28.6 Å². The van der Waals surface area contributed by atoms with Crippen molar-refractivity contribution in [3.8, 4) is 17.3 Å². The van der Waals surface area contributed by atoms with E-state index in [1.807, 2.05) is 31.2 Å². The van der Waals surface area contributed by atoms with Gasteiger partial charge in [-0.05, 0) is 45.4 Å². The van der Waals surface area contributed by atoms with Gasteiger partial charge >= 0.3 is 6.09 Å². The summed E-state index contributed by atoms with van der Waals surface area (Å²) >= 11 is 0. The van der Waals surface area contributed by atoms with Crippen LogP contribution in [0.4, 0.5) is 4.79 Å². The molecule has 1 aliphatic heterocycles. The highest BCUT2D eigenvalue weighted by Gasteiger charge is 2.30. The maximum absolute atomic E-state index is 12.8. The minimum absolute atomic E-state index is 0.131. The zero-order valence-corrected chi connectivity index (χ0v) is 18.5.